The Balaban J connectivity index is 2.17. The second-order valence-corrected chi connectivity index (χ2v) is 6.10. The fraction of sp³-hybridized carbons (Fsp3) is 0.500. The topological polar surface area (TPSA) is 64.3 Å². The first-order chi connectivity index (χ1) is 6.98. The van der Waals surface area contributed by atoms with Gasteiger partial charge in [0.05, 0.1) is 11.5 Å². The Morgan fingerprint density at radius 2 is 2.20 bits per heavy atom. The van der Waals surface area contributed by atoms with Crippen LogP contribution in [0.5, 0.6) is 0 Å². The minimum Gasteiger partial charge on any atom is -0.458 e. The molecule has 1 unspecified atom stereocenters. The van der Waals surface area contributed by atoms with Crippen LogP contribution in [-0.2, 0) is 9.84 Å². The Hall–Kier alpha value is -1.10. The molecule has 2 heterocycles. The highest BCUT2D eigenvalue weighted by Gasteiger charge is 2.34. The number of ketones is 1. The van der Waals surface area contributed by atoms with Crippen LogP contribution in [0.25, 0.3) is 0 Å². The number of carbonyl (C=O) groups excluding carboxylic acids is 1. The molecule has 15 heavy (non-hydrogen) atoms. The number of furan rings is 1. The summed E-state index contributed by atoms with van der Waals surface area (Å²) in [5, 5.41) is 0. The maximum absolute atomic E-state index is 11.8. The van der Waals surface area contributed by atoms with E-state index in [0.29, 0.717) is 12.2 Å². The van der Waals surface area contributed by atoms with E-state index in [0.717, 1.165) is 0 Å². The van der Waals surface area contributed by atoms with Gasteiger partial charge in [-0.2, -0.15) is 0 Å². The molecule has 1 aromatic rings. The molecule has 1 atom stereocenters. The van der Waals surface area contributed by atoms with E-state index < -0.39 is 15.8 Å². The van der Waals surface area contributed by atoms with Crippen LogP contribution in [0.1, 0.15) is 22.7 Å². The molecule has 4 nitrogen and oxygen atoms in total. The summed E-state index contributed by atoms with van der Waals surface area (Å²) in [4.78, 5) is 11.8. The molecule has 0 aromatic carbocycles. The molecule has 0 amide bonds. The lowest BCUT2D eigenvalue weighted by molar-refractivity contribution is 0.0904. The van der Waals surface area contributed by atoms with Crippen molar-refractivity contribution in [1.82, 2.24) is 0 Å². The number of rotatable bonds is 2. The predicted octanol–water partition coefficient (Wildman–Crippen LogP) is 1.21. The van der Waals surface area contributed by atoms with Crippen LogP contribution < -0.4 is 0 Å². The molecule has 0 bridgehead atoms. The van der Waals surface area contributed by atoms with Crippen molar-refractivity contribution in [3.05, 3.63) is 23.7 Å². The van der Waals surface area contributed by atoms with Gasteiger partial charge in [-0.3, -0.25) is 4.79 Å². The number of hydrogen-bond acceptors (Lipinski definition) is 4. The number of hydrogen-bond donors (Lipinski definition) is 0. The van der Waals surface area contributed by atoms with E-state index in [2.05, 4.69) is 0 Å². The van der Waals surface area contributed by atoms with E-state index in [9.17, 15) is 13.2 Å². The highest BCUT2D eigenvalue weighted by Crippen LogP contribution is 2.23. The van der Waals surface area contributed by atoms with Crippen LogP contribution in [0.2, 0.25) is 0 Å². The van der Waals surface area contributed by atoms with Gasteiger partial charge in [0, 0.05) is 5.92 Å². The Kier molecular flexibility index (Phi) is 2.42. The Labute approximate surface area is 88.2 Å². The van der Waals surface area contributed by atoms with Gasteiger partial charge in [-0.25, -0.2) is 8.42 Å². The Bertz CT molecular complexity index is 483. The first-order valence-corrected chi connectivity index (χ1v) is 6.61. The van der Waals surface area contributed by atoms with Gasteiger partial charge in [-0.15, -0.1) is 0 Å². The maximum atomic E-state index is 11.8. The quantitative estimate of drug-likeness (QED) is 0.713. The van der Waals surface area contributed by atoms with E-state index in [-0.39, 0.29) is 23.0 Å². The van der Waals surface area contributed by atoms with Crippen molar-refractivity contribution in [3.8, 4) is 0 Å². The van der Waals surface area contributed by atoms with Gasteiger partial charge in [0.1, 0.15) is 5.76 Å². The molecule has 0 spiro atoms. The zero-order chi connectivity index (χ0) is 11.1. The van der Waals surface area contributed by atoms with Crippen LogP contribution >= 0.6 is 0 Å². The second-order valence-electron chi connectivity index (χ2n) is 3.87. The van der Waals surface area contributed by atoms with Gasteiger partial charge < -0.3 is 4.42 Å². The van der Waals surface area contributed by atoms with E-state index in [1.807, 2.05) is 0 Å². The summed E-state index contributed by atoms with van der Waals surface area (Å²) in [6, 6.07) is 3.30. The van der Waals surface area contributed by atoms with Crippen molar-refractivity contribution < 1.29 is 17.6 Å². The minimum absolute atomic E-state index is 0.0361. The molecule has 2 rings (SSSR count). The molecular formula is C10H12O4S. The fourth-order valence-electron chi connectivity index (χ4n) is 1.77. The smallest absolute Gasteiger partial charge is 0.202 e. The number of aryl methyl sites for hydroxylation is 1. The third-order valence-electron chi connectivity index (χ3n) is 2.59. The summed E-state index contributed by atoms with van der Waals surface area (Å²) in [6.45, 7) is 1.75. The van der Waals surface area contributed by atoms with E-state index in [1.54, 1.807) is 19.1 Å². The number of carbonyl (C=O) groups is 1. The zero-order valence-electron chi connectivity index (χ0n) is 8.39. The highest BCUT2D eigenvalue weighted by molar-refractivity contribution is 7.91. The van der Waals surface area contributed by atoms with Crippen LogP contribution in [0, 0.1) is 12.8 Å². The standard InChI is InChI=1S/C10H12O4S/c1-7-2-3-9(14-7)10(11)8-4-5-15(12,13)6-8/h2-3,8H,4-6H2,1H3. The van der Waals surface area contributed by atoms with Gasteiger partial charge in [0.25, 0.3) is 0 Å². The van der Waals surface area contributed by atoms with Gasteiger partial charge in [-0.1, -0.05) is 0 Å². The predicted molar refractivity (Wildman–Crippen MR) is 54.5 cm³/mol. The van der Waals surface area contributed by atoms with Gasteiger partial charge in [-0.05, 0) is 25.5 Å². The van der Waals surface area contributed by atoms with Gasteiger partial charge >= 0.3 is 0 Å². The molecule has 1 aromatic heterocycles. The maximum Gasteiger partial charge on any atom is 0.202 e. The van der Waals surface area contributed by atoms with Crippen molar-refractivity contribution in [3.63, 3.8) is 0 Å². The van der Waals surface area contributed by atoms with E-state index >= 15 is 0 Å². The minimum atomic E-state index is -3.00. The monoisotopic (exact) mass is 228 g/mol. The summed E-state index contributed by atoms with van der Waals surface area (Å²) < 4.78 is 27.6. The lowest BCUT2D eigenvalue weighted by Gasteiger charge is -2.02. The molecule has 82 valence electrons. The van der Waals surface area contributed by atoms with E-state index in [1.165, 1.54) is 0 Å². The summed E-state index contributed by atoms with van der Waals surface area (Å²) >= 11 is 0. The molecule has 1 saturated heterocycles. The molecular weight excluding hydrogens is 216 g/mol. The van der Waals surface area contributed by atoms with Gasteiger partial charge in [0.2, 0.25) is 5.78 Å². The average Bonchev–Trinajstić information content (AvgIpc) is 2.71. The van der Waals surface area contributed by atoms with Crippen LogP contribution in [0.3, 0.4) is 0 Å². The molecule has 1 fully saturated rings. The van der Waals surface area contributed by atoms with Crippen LogP contribution in [0.15, 0.2) is 16.5 Å². The highest BCUT2D eigenvalue weighted by atomic mass is 32.2. The molecule has 0 radical (unpaired) electrons. The molecule has 5 heteroatoms. The van der Waals surface area contributed by atoms with Crippen molar-refractivity contribution in [2.45, 2.75) is 13.3 Å². The first-order valence-electron chi connectivity index (χ1n) is 4.79. The lowest BCUT2D eigenvalue weighted by Crippen LogP contribution is -2.15. The Morgan fingerprint density at radius 3 is 2.67 bits per heavy atom. The number of Topliss-reactive ketones (excluding diaryl/α,β-unsaturated/α-hetero) is 1. The van der Waals surface area contributed by atoms with Gasteiger partial charge in [0.15, 0.2) is 15.6 Å². The SMILES string of the molecule is Cc1ccc(C(=O)C2CCS(=O)(=O)C2)o1. The largest absolute Gasteiger partial charge is 0.458 e. The van der Waals surface area contributed by atoms with Crippen molar-refractivity contribution in [2.24, 2.45) is 5.92 Å². The summed E-state index contributed by atoms with van der Waals surface area (Å²) in [6.07, 6.45) is 0.418. The van der Waals surface area contributed by atoms with Crippen LogP contribution in [0.4, 0.5) is 0 Å². The lowest BCUT2D eigenvalue weighted by atomic mass is 10.0. The van der Waals surface area contributed by atoms with Crippen molar-refractivity contribution >= 4 is 15.6 Å². The normalized spacial score (nSPS) is 24.2. The summed E-state index contributed by atoms with van der Waals surface area (Å²) in [5.74, 6) is 0.410. The first kappa shape index (κ1) is 10.4. The fourth-order valence-corrected chi connectivity index (χ4v) is 3.51. The number of sulfone groups is 1. The van der Waals surface area contributed by atoms with E-state index in [4.69, 9.17) is 4.42 Å². The molecule has 0 N–H and O–H groups in total. The zero-order valence-corrected chi connectivity index (χ0v) is 9.21. The second kappa shape index (κ2) is 3.48. The molecule has 1 aliphatic rings. The molecule has 0 aliphatic carbocycles. The third kappa shape index (κ3) is 2.12. The molecule has 1 aliphatic heterocycles. The third-order valence-corrected chi connectivity index (χ3v) is 4.35. The van der Waals surface area contributed by atoms with Crippen molar-refractivity contribution in [1.29, 1.82) is 0 Å². The van der Waals surface area contributed by atoms with Crippen molar-refractivity contribution in [2.75, 3.05) is 11.5 Å². The van der Waals surface area contributed by atoms with Crippen LogP contribution in [-0.4, -0.2) is 25.7 Å². The Morgan fingerprint density at radius 1 is 1.47 bits per heavy atom. The summed E-state index contributed by atoms with van der Waals surface area (Å²) in [5.41, 5.74) is 0. The summed E-state index contributed by atoms with van der Waals surface area (Å²) in [7, 11) is -3.00. The molecule has 0 saturated carbocycles. The average molecular weight is 228 g/mol.